The van der Waals surface area contributed by atoms with Crippen molar-refractivity contribution in [1.82, 2.24) is 15.6 Å². The summed E-state index contributed by atoms with van der Waals surface area (Å²) < 4.78 is 17.9. The SMILES string of the molecule is CN=C(NCCc1c[nH]c2cc(F)ccc12)NCc1ccc(NC(=O)OC)cc1. The number of hydrogen-bond acceptors (Lipinski definition) is 3. The number of nitrogens with zero attached hydrogens (tertiary/aromatic N) is 1. The number of benzene rings is 2. The minimum atomic E-state index is -0.499. The minimum Gasteiger partial charge on any atom is -0.453 e. The number of hydrogen-bond donors (Lipinski definition) is 4. The standard InChI is InChI=1S/C21H24FN5O2/c1-23-20(26-12-14-3-6-17(7-4-14)27-21(28)29-2)24-10-9-15-13-25-19-11-16(22)5-8-18(15)19/h3-8,11,13,25H,9-10,12H2,1-2H3,(H,27,28)(H2,23,24,26). The molecule has 0 radical (unpaired) electrons. The van der Waals surface area contributed by atoms with E-state index in [2.05, 4.69) is 30.7 Å². The fraction of sp³-hybridized carbons (Fsp3) is 0.238. The van der Waals surface area contributed by atoms with Crippen molar-refractivity contribution in [2.75, 3.05) is 26.0 Å². The van der Waals surface area contributed by atoms with Gasteiger partial charge >= 0.3 is 6.09 Å². The van der Waals surface area contributed by atoms with Crippen LogP contribution in [0, 0.1) is 5.82 Å². The number of ether oxygens (including phenoxy) is 1. The Morgan fingerprint density at radius 3 is 2.69 bits per heavy atom. The first kappa shape index (κ1) is 20.2. The normalized spacial score (nSPS) is 11.3. The third-order valence-corrected chi connectivity index (χ3v) is 4.49. The molecule has 0 bridgehead atoms. The first-order valence-corrected chi connectivity index (χ1v) is 9.23. The zero-order valence-corrected chi connectivity index (χ0v) is 16.4. The van der Waals surface area contributed by atoms with Crippen LogP contribution in [0.15, 0.2) is 53.7 Å². The Balaban J connectivity index is 1.47. The quantitative estimate of drug-likeness (QED) is 0.379. The molecule has 0 unspecified atom stereocenters. The average molecular weight is 397 g/mol. The predicted octanol–water partition coefficient (Wildman–Crippen LogP) is 3.39. The average Bonchev–Trinajstić information content (AvgIpc) is 3.13. The van der Waals surface area contributed by atoms with Gasteiger partial charge in [-0.15, -0.1) is 0 Å². The highest BCUT2D eigenvalue weighted by molar-refractivity contribution is 5.85. The van der Waals surface area contributed by atoms with Crippen molar-refractivity contribution in [2.24, 2.45) is 4.99 Å². The Bertz CT molecular complexity index is 998. The Kier molecular flexibility index (Phi) is 6.67. The van der Waals surface area contributed by atoms with Crippen LogP contribution in [0.5, 0.6) is 0 Å². The van der Waals surface area contributed by atoms with Gasteiger partial charge in [-0.05, 0) is 47.9 Å². The highest BCUT2D eigenvalue weighted by atomic mass is 19.1. The minimum absolute atomic E-state index is 0.247. The van der Waals surface area contributed by atoms with Gasteiger partial charge in [0, 0.05) is 42.9 Å². The number of methoxy groups -OCH3 is 1. The number of fused-ring (bicyclic) bond motifs is 1. The van der Waals surface area contributed by atoms with E-state index >= 15 is 0 Å². The summed E-state index contributed by atoms with van der Waals surface area (Å²) in [5.41, 5.74) is 3.63. The first-order valence-electron chi connectivity index (χ1n) is 9.23. The zero-order valence-electron chi connectivity index (χ0n) is 16.4. The van der Waals surface area contributed by atoms with Gasteiger partial charge in [0.1, 0.15) is 5.82 Å². The highest BCUT2D eigenvalue weighted by Gasteiger charge is 2.06. The lowest BCUT2D eigenvalue weighted by atomic mass is 10.1. The highest BCUT2D eigenvalue weighted by Crippen LogP contribution is 2.19. The number of rotatable bonds is 6. The van der Waals surface area contributed by atoms with Crippen molar-refractivity contribution in [3.8, 4) is 0 Å². The molecule has 3 aromatic rings. The number of carbonyl (C=O) groups is 1. The zero-order chi connectivity index (χ0) is 20.6. The number of guanidine groups is 1. The molecule has 0 spiro atoms. The summed E-state index contributed by atoms with van der Waals surface area (Å²) in [4.78, 5) is 18.5. The van der Waals surface area contributed by atoms with Crippen molar-refractivity contribution in [2.45, 2.75) is 13.0 Å². The second kappa shape index (κ2) is 9.59. The van der Waals surface area contributed by atoms with Gasteiger partial charge in [0.05, 0.1) is 7.11 Å². The number of amides is 1. The van der Waals surface area contributed by atoms with E-state index in [1.54, 1.807) is 13.1 Å². The molecule has 152 valence electrons. The Labute approximate surface area is 168 Å². The van der Waals surface area contributed by atoms with Crippen molar-refractivity contribution in [3.05, 3.63) is 65.6 Å². The molecule has 2 aromatic carbocycles. The summed E-state index contributed by atoms with van der Waals surface area (Å²) >= 11 is 0. The second-order valence-corrected chi connectivity index (χ2v) is 6.42. The van der Waals surface area contributed by atoms with Gasteiger partial charge in [0.2, 0.25) is 0 Å². The summed E-state index contributed by atoms with van der Waals surface area (Å²) in [7, 11) is 3.04. The monoisotopic (exact) mass is 397 g/mol. The Hall–Kier alpha value is -3.55. The predicted molar refractivity (Wildman–Crippen MR) is 113 cm³/mol. The van der Waals surface area contributed by atoms with Crippen molar-refractivity contribution in [1.29, 1.82) is 0 Å². The maximum Gasteiger partial charge on any atom is 0.411 e. The molecule has 4 N–H and O–H groups in total. The second-order valence-electron chi connectivity index (χ2n) is 6.42. The number of aromatic nitrogens is 1. The Morgan fingerprint density at radius 2 is 1.97 bits per heavy atom. The van der Waals surface area contributed by atoms with Crippen LogP contribution >= 0.6 is 0 Å². The molecule has 0 saturated carbocycles. The van der Waals surface area contributed by atoms with E-state index in [9.17, 15) is 9.18 Å². The van der Waals surface area contributed by atoms with E-state index in [0.29, 0.717) is 24.7 Å². The van der Waals surface area contributed by atoms with E-state index in [0.717, 1.165) is 28.5 Å². The third kappa shape index (κ3) is 5.47. The Morgan fingerprint density at radius 1 is 1.17 bits per heavy atom. The van der Waals surface area contributed by atoms with Gasteiger partial charge in [-0.1, -0.05) is 12.1 Å². The van der Waals surface area contributed by atoms with Crippen molar-refractivity contribution < 1.29 is 13.9 Å². The third-order valence-electron chi connectivity index (χ3n) is 4.49. The molecule has 8 heteroatoms. The van der Waals surface area contributed by atoms with Crippen LogP contribution in [0.2, 0.25) is 0 Å². The number of nitrogens with one attached hydrogen (secondary N) is 4. The van der Waals surface area contributed by atoms with Crippen LogP contribution in [0.3, 0.4) is 0 Å². The number of aromatic amines is 1. The van der Waals surface area contributed by atoms with E-state index in [1.807, 2.05) is 30.5 Å². The van der Waals surface area contributed by atoms with Crippen LogP contribution in [0.4, 0.5) is 14.9 Å². The van der Waals surface area contributed by atoms with E-state index in [1.165, 1.54) is 19.2 Å². The fourth-order valence-corrected chi connectivity index (χ4v) is 2.96. The summed E-state index contributed by atoms with van der Waals surface area (Å²) in [6, 6.07) is 12.2. The molecule has 0 fully saturated rings. The molecular formula is C21H24FN5O2. The van der Waals surface area contributed by atoms with E-state index in [4.69, 9.17) is 0 Å². The molecule has 0 aliphatic carbocycles. The van der Waals surface area contributed by atoms with Gasteiger partial charge in [-0.3, -0.25) is 10.3 Å². The molecule has 1 amide bonds. The lowest BCUT2D eigenvalue weighted by molar-refractivity contribution is 0.187. The molecule has 7 nitrogen and oxygen atoms in total. The van der Waals surface area contributed by atoms with Crippen LogP contribution < -0.4 is 16.0 Å². The van der Waals surface area contributed by atoms with E-state index in [-0.39, 0.29) is 5.82 Å². The molecule has 1 heterocycles. The number of aliphatic imine (C=N–C) groups is 1. The first-order chi connectivity index (χ1) is 14.1. The number of carbonyl (C=O) groups excluding carboxylic acids is 1. The largest absolute Gasteiger partial charge is 0.453 e. The van der Waals surface area contributed by atoms with Gasteiger partial charge in [-0.25, -0.2) is 9.18 Å². The summed E-state index contributed by atoms with van der Waals surface area (Å²) in [5.74, 6) is 0.440. The van der Waals surface area contributed by atoms with Gasteiger partial charge < -0.3 is 20.4 Å². The van der Waals surface area contributed by atoms with Crippen LogP contribution in [-0.2, 0) is 17.7 Å². The van der Waals surface area contributed by atoms with Gasteiger partial charge in [-0.2, -0.15) is 0 Å². The van der Waals surface area contributed by atoms with E-state index < -0.39 is 6.09 Å². The molecule has 0 saturated heterocycles. The maximum absolute atomic E-state index is 13.3. The van der Waals surface area contributed by atoms with Crippen LogP contribution in [-0.4, -0.2) is 37.7 Å². The van der Waals surface area contributed by atoms with Crippen molar-refractivity contribution in [3.63, 3.8) is 0 Å². The van der Waals surface area contributed by atoms with Crippen molar-refractivity contribution >= 4 is 28.6 Å². The topological polar surface area (TPSA) is 90.5 Å². The number of halogens is 1. The maximum atomic E-state index is 13.3. The number of H-pyrrole nitrogens is 1. The number of anilines is 1. The fourth-order valence-electron chi connectivity index (χ4n) is 2.96. The summed E-state index contributed by atoms with van der Waals surface area (Å²) in [6.45, 7) is 1.27. The molecule has 0 aliphatic heterocycles. The molecule has 29 heavy (non-hydrogen) atoms. The summed E-state index contributed by atoms with van der Waals surface area (Å²) in [5, 5.41) is 10.2. The van der Waals surface area contributed by atoms with Crippen LogP contribution in [0.25, 0.3) is 10.9 Å². The summed E-state index contributed by atoms with van der Waals surface area (Å²) in [6.07, 6.45) is 2.19. The molecule has 1 aromatic heterocycles. The lowest BCUT2D eigenvalue weighted by Crippen LogP contribution is -2.37. The van der Waals surface area contributed by atoms with Crippen LogP contribution in [0.1, 0.15) is 11.1 Å². The molecule has 0 aliphatic rings. The molecule has 3 rings (SSSR count). The molecule has 0 atom stereocenters. The molecular weight excluding hydrogens is 373 g/mol. The lowest BCUT2D eigenvalue weighted by Gasteiger charge is -2.12. The smallest absolute Gasteiger partial charge is 0.411 e. The van der Waals surface area contributed by atoms with Gasteiger partial charge in [0.15, 0.2) is 5.96 Å². The van der Waals surface area contributed by atoms with Gasteiger partial charge in [0.25, 0.3) is 0 Å².